The van der Waals surface area contributed by atoms with E-state index in [1.807, 2.05) is 18.2 Å². The van der Waals surface area contributed by atoms with Crippen LogP contribution in [0.15, 0.2) is 29.1 Å². The predicted molar refractivity (Wildman–Crippen MR) is 119 cm³/mol. The number of rotatable bonds is 8. The van der Waals surface area contributed by atoms with Crippen LogP contribution < -0.4 is 15.6 Å². The van der Waals surface area contributed by atoms with Crippen molar-refractivity contribution >= 4 is 5.91 Å². The van der Waals surface area contributed by atoms with Crippen LogP contribution in [0.3, 0.4) is 0 Å². The minimum Gasteiger partial charge on any atom is -0.497 e. The monoisotopic (exact) mass is 422 g/mol. The lowest BCUT2D eigenvalue weighted by Crippen LogP contribution is -2.37. The SMILES string of the molecule is COc1ccc(C(CNC(=O)CCc2c(C)[nH]c(=O)c(C#N)c2C)N2CCCC2)cc1. The Hall–Kier alpha value is -3.11. The maximum absolute atomic E-state index is 12.6. The van der Waals surface area contributed by atoms with E-state index in [2.05, 4.69) is 27.3 Å². The van der Waals surface area contributed by atoms with Crippen molar-refractivity contribution in [3.8, 4) is 11.8 Å². The molecule has 2 heterocycles. The molecule has 0 aliphatic carbocycles. The van der Waals surface area contributed by atoms with Crippen LogP contribution in [-0.2, 0) is 11.2 Å². The van der Waals surface area contributed by atoms with Crippen molar-refractivity contribution in [1.29, 1.82) is 5.26 Å². The largest absolute Gasteiger partial charge is 0.497 e. The molecule has 1 fully saturated rings. The maximum atomic E-state index is 12.6. The second kappa shape index (κ2) is 10.3. The van der Waals surface area contributed by atoms with E-state index in [4.69, 9.17) is 4.74 Å². The zero-order valence-corrected chi connectivity index (χ0v) is 18.5. The first-order chi connectivity index (χ1) is 14.9. The van der Waals surface area contributed by atoms with Gasteiger partial charge in [0, 0.05) is 18.7 Å². The summed E-state index contributed by atoms with van der Waals surface area (Å²) < 4.78 is 5.26. The summed E-state index contributed by atoms with van der Waals surface area (Å²) in [5.41, 5.74) is 3.13. The molecule has 1 amide bonds. The lowest BCUT2D eigenvalue weighted by molar-refractivity contribution is -0.121. The third kappa shape index (κ3) is 5.33. The van der Waals surface area contributed by atoms with Gasteiger partial charge in [0.2, 0.25) is 5.91 Å². The molecule has 1 saturated heterocycles. The Morgan fingerprint density at radius 2 is 1.94 bits per heavy atom. The second-order valence-corrected chi connectivity index (χ2v) is 8.01. The summed E-state index contributed by atoms with van der Waals surface area (Å²) in [7, 11) is 1.65. The molecule has 3 rings (SSSR count). The molecule has 0 bridgehead atoms. The fourth-order valence-electron chi connectivity index (χ4n) is 4.29. The zero-order chi connectivity index (χ0) is 22.4. The van der Waals surface area contributed by atoms with E-state index in [-0.39, 0.29) is 23.1 Å². The first-order valence-corrected chi connectivity index (χ1v) is 10.7. The van der Waals surface area contributed by atoms with Crippen molar-refractivity contribution in [2.45, 2.75) is 45.6 Å². The van der Waals surface area contributed by atoms with Gasteiger partial charge in [-0.25, -0.2) is 0 Å². The average molecular weight is 423 g/mol. The highest BCUT2D eigenvalue weighted by Crippen LogP contribution is 2.26. The van der Waals surface area contributed by atoms with Crippen molar-refractivity contribution in [2.75, 3.05) is 26.7 Å². The number of benzene rings is 1. The molecule has 0 radical (unpaired) electrons. The smallest absolute Gasteiger partial charge is 0.266 e. The number of aromatic amines is 1. The van der Waals surface area contributed by atoms with Crippen LogP contribution in [-0.4, -0.2) is 42.5 Å². The summed E-state index contributed by atoms with van der Waals surface area (Å²) in [6.07, 6.45) is 3.12. The quantitative estimate of drug-likeness (QED) is 0.682. The highest BCUT2D eigenvalue weighted by molar-refractivity contribution is 5.76. The van der Waals surface area contributed by atoms with Gasteiger partial charge in [-0.15, -0.1) is 0 Å². The van der Waals surface area contributed by atoms with E-state index in [1.54, 1.807) is 21.0 Å². The summed E-state index contributed by atoms with van der Waals surface area (Å²) in [6, 6.07) is 10.1. The summed E-state index contributed by atoms with van der Waals surface area (Å²) in [5.74, 6) is 0.776. The van der Waals surface area contributed by atoms with Crippen LogP contribution >= 0.6 is 0 Å². The van der Waals surface area contributed by atoms with E-state index in [1.165, 1.54) is 12.8 Å². The van der Waals surface area contributed by atoms with Crippen LogP contribution in [0, 0.1) is 25.2 Å². The first kappa shape index (κ1) is 22.6. The van der Waals surface area contributed by atoms with Crippen LogP contribution in [0.4, 0.5) is 0 Å². The van der Waals surface area contributed by atoms with Gasteiger partial charge in [-0.05, 0) is 75.0 Å². The number of H-pyrrole nitrogens is 1. The van der Waals surface area contributed by atoms with Crippen molar-refractivity contribution in [3.63, 3.8) is 0 Å². The van der Waals surface area contributed by atoms with Crippen LogP contribution in [0.25, 0.3) is 0 Å². The number of amides is 1. The Bertz CT molecular complexity index is 1010. The molecule has 1 atom stereocenters. The number of carbonyl (C=O) groups is 1. The Balaban J connectivity index is 1.65. The Kier molecular flexibility index (Phi) is 7.48. The molecular weight excluding hydrogens is 392 g/mol. The molecule has 1 unspecified atom stereocenters. The molecule has 0 spiro atoms. The number of nitriles is 1. The fraction of sp³-hybridized carbons (Fsp3) is 0.458. The van der Waals surface area contributed by atoms with Crippen LogP contribution in [0.5, 0.6) is 5.75 Å². The number of nitrogens with zero attached hydrogens (tertiary/aromatic N) is 2. The molecular formula is C24H30N4O3. The number of pyridine rings is 1. The average Bonchev–Trinajstić information content (AvgIpc) is 3.29. The number of methoxy groups -OCH3 is 1. The Labute approximate surface area is 183 Å². The molecule has 1 aliphatic heterocycles. The van der Waals surface area contributed by atoms with Gasteiger partial charge >= 0.3 is 0 Å². The molecule has 1 aromatic carbocycles. The molecule has 2 aromatic rings. The zero-order valence-electron chi connectivity index (χ0n) is 18.5. The minimum absolute atomic E-state index is 0.0405. The Morgan fingerprint density at radius 1 is 1.26 bits per heavy atom. The molecule has 7 nitrogen and oxygen atoms in total. The number of hydrogen-bond donors (Lipinski definition) is 2. The summed E-state index contributed by atoms with van der Waals surface area (Å²) in [5, 5.41) is 12.3. The first-order valence-electron chi connectivity index (χ1n) is 10.7. The number of hydrogen-bond acceptors (Lipinski definition) is 5. The number of aryl methyl sites for hydroxylation is 1. The summed E-state index contributed by atoms with van der Waals surface area (Å²) >= 11 is 0. The van der Waals surface area contributed by atoms with E-state index in [0.29, 0.717) is 30.6 Å². The van der Waals surface area contributed by atoms with Gasteiger partial charge in [0.05, 0.1) is 13.2 Å². The summed E-state index contributed by atoms with van der Waals surface area (Å²) in [4.78, 5) is 29.6. The van der Waals surface area contributed by atoms with Gasteiger partial charge < -0.3 is 15.0 Å². The molecule has 2 N–H and O–H groups in total. The van der Waals surface area contributed by atoms with Crippen LogP contribution in [0.1, 0.15) is 53.3 Å². The van der Waals surface area contributed by atoms with E-state index >= 15 is 0 Å². The summed E-state index contributed by atoms with van der Waals surface area (Å²) in [6.45, 7) is 6.16. The van der Waals surface area contributed by atoms with E-state index in [0.717, 1.165) is 30.0 Å². The molecule has 1 aliphatic rings. The topological polar surface area (TPSA) is 98.2 Å². The van der Waals surface area contributed by atoms with Gasteiger partial charge in [0.25, 0.3) is 5.56 Å². The van der Waals surface area contributed by atoms with Crippen molar-refractivity contribution in [3.05, 3.63) is 62.6 Å². The Morgan fingerprint density at radius 3 is 2.55 bits per heavy atom. The predicted octanol–water partition coefficient (Wildman–Crippen LogP) is 2.76. The van der Waals surface area contributed by atoms with Gasteiger partial charge in [-0.1, -0.05) is 12.1 Å². The van der Waals surface area contributed by atoms with Crippen molar-refractivity contribution in [1.82, 2.24) is 15.2 Å². The maximum Gasteiger partial charge on any atom is 0.266 e. The van der Waals surface area contributed by atoms with Gasteiger partial charge in [-0.2, -0.15) is 5.26 Å². The molecule has 7 heteroatoms. The fourth-order valence-corrected chi connectivity index (χ4v) is 4.29. The number of likely N-dealkylation sites (tertiary alicyclic amines) is 1. The third-order valence-corrected chi connectivity index (χ3v) is 6.10. The molecule has 164 valence electrons. The van der Waals surface area contributed by atoms with Gasteiger partial charge in [-0.3, -0.25) is 14.5 Å². The van der Waals surface area contributed by atoms with Crippen molar-refractivity contribution < 1.29 is 9.53 Å². The minimum atomic E-state index is -0.376. The third-order valence-electron chi connectivity index (χ3n) is 6.10. The molecule has 31 heavy (non-hydrogen) atoms. The highest BCUT2D eigenvalue weighted by atomic mass is 16.5. The lowest BCUT2D eigenvalue weighted by atomic mass is 9.99. The second-order valence-electron chi connectivity index (χ2n) is 8.01. The normalized spacial score (nSPS) is 14.8. The van der Waals surface area contributed by atoms with E-state index in [9.17, 15) is 14.9 Å². The van der Waals surface area contributed by atoms with Crippen molar-refractivity contribution in [2.24, 2.45) is 0 Å². The van der Waals surface area contributed by atoms with Crippen LogP contribution in [0.2, 0.25) is 0 Å². The number of carbonyl (C=O) groups excluding carboxylic acids is 1. The number of aromatic nitrogens is 1. The van der Waals surface area contributed by atoms with Gasteiger partial charge in [0.1, 0.15) is 17.4 Å². The standard InChI is InChI=1S/C24H30N4O3/c1-16-20(17(2)27-24(30)21(16)14-25)10-11-23(29)26-15-22(28-12-4-5-13-28)18-6-8-19(31-3)9-7-18/h6-9,22H,4-5,10-13,15H2,1-3H3,(H,26,29)(H,27,30). The molecule has 0 saturated carbocycles. The highest BCUT2D eigenvalue weighted by Gasteiger charge is 2.24. The van der Waals surface area contributed by atoms with E-state index < -0.39 is 0 Å². The number of nitrogens with one attached hydrogen (secondary N) is 2. The molecule has 1 aromatic heterocycles. The number of ether oxygens (including phenoxy) is 1. The van der Waals surface area contributed by atoms with Gasteiger partial charge in [0.15, 0.2) is 0 Å². The lowest BCUT2D eigenvalue weighted by Gasteiger charge is -2.28.